The second-order valence-electron chi connectivity index (χ2n) is 7.27. The number of benzene rings is 2. The van der Waals surface area contributed by atoms with Crippen molar-refractivity contribution in [3.05, 3.63) is 108 Å². The fourth-order valence-corrected chi connectivity index (χ4v) is 3.84. The smallest absolute Gasteiger partial charge is 0.293 e. The van der Waals surface area contributed by atoms with Crippen molar-refractivity contribution in [3.8, 4) is 11.3 Å². The van der Waals surface area contributed by atoms with E-state index in [-0.39, 0.29) is 27.9 Å². The van der Waals surface area contributed by atoms with Crippen molar-refractivity contribution in [2.75, 3.05) is 0 Å². The third-order valence-corrected chi connectivity index (χ3v) is 5.74. The highest BCUT2D eigenvalue weighted by atomic mass is 79.9. The van der Waals surface area contributed by atoms with Gasteiger partial charge in [0.25, 0.3) is 17.3 Å². The lowest BCUT2D eigenvalue weighted by atomic mass is 10.1. The Hall–Kier alpha value is -4.36. The van der Waals surface area contributed by atoms with Gasteiger partial charge < -0.3 is 4.42 Å². The molecule has 14 heteroatoms. The van der Waals surface area contributed by atoms with E-state index in [4.69, 9.17) is 16.0 Å². The first-order chi connectivity index (χ1) is 17.2. The van der Waals surface area contributed by atoms with E-state index in [1.165, 1.54) is 41.2 Å². The molecule has 2 aromatic heterocycles. The Morgan fingerprint density at radius 2 is 1.81 bits per heavy atom. The maximum atomic E-state index is 12.5. The number of amides is 1. The van der Waals surface area contributed by atoms with Gasteiger partial charge in [0, 0.05) is 36.0 Å². The lowest BCUT2D eigenvalue weighted by Crippen LogP contribution is -2.19. The Balaban J connectivity index is 1.41. The third-order valence-electron chi connectivity index (χ3n) is 4.83. The molecule has 0 radical (unpaired) electrons. The monoisotopic (exact) mass is 572 g/mol. The maximum Gasteiger partial charge on any atom is 0.293 e. The molecule has 4 rings (SSSR count). The molecule has 0 saturated carbocycles. The molecular formula is C22H14BrClN6O6. The molecule has 0 saturated heterocycles. The van der Waals surface area contributed by atoms with Crippen molar-refractivity contribution in [2.45, 2.75) is 6.54 Å². The maximum absolute atomic E-state index is 12.5. The summed E-state index contributed by atoms with van der Waals surface area (Å²) < 4.78 is 7.55. The van der Waals surface area contributed by atoms with E-state index in [1.54, 1.807) is 30.5 Å². The molecule has 0 unspecified atom stereocenters. The molecule has 2 aromatic carbocycles. The zero-order valence-electron chi connectivity index (χ0n) is 18.0. The van der Waals surface area contributed by atoms with Crippen LogP contribution < -0.4 is 5.43 Å². The number of aromatic nitrogens is 2. The van der Waals surface area contributed by atoms with Crippen LogP contribution in [0.4, 0.5) is 11.4 Å². The minimum Gasteiger partial charge on any atom is -0.455 e. The van der Waals surface area contributed by atoms with E-state index in [2.05, 4.69) is 31.6 Å². The van der Waals surface area contributed by atoms with Gasteiger partial charge in [0.05, 0.1) is 32.1 Å². The molecule has 182 valence electrons. The first kappa shape index (κ1) is 24.8. The fraction of sp³-hybridized carbons (Fsp3) is 0.0455. The molecule has 2 heterocycles. The van der Waals surface area contributed by atoms with E-state index in [0.29, 0.717) is 22.3 Å². The van der Waals surface area contributed by atoms with Gasteiger partial charge in [-0.15, -0.1) is 0 Å². The van der Waals surface area contributed by atoms with Gasteiger partial charge in [-0.3, -0.25) is 29.7 Å². The number of nitro groups is 2. The number of nitro benzene ring substituents is 2. The molecule has 0 fully saturated rings. The van der Waals surface area contributed by atoms with Gasteiger partial charge in [0.15, 0.2) is 5.69 Å². The molecule has 1 amide bonds. The third kappa shape index (κ3) is 5.64. The topological polar surface area (TPSA) is 159 Å². The highest BCUT2D eigenvalue weighted by molar-refractivity contribution is 9.10. The molecule has 0 aliphatic heterocycles. The normalized spacial score (nSPS) is 11.1. The van der Waals surface area contributed by atoms with Crippen molar-refractivity contribution in [2.24, 2.45) is 5.10 Å². The van der Waals surface area contributed by atoms with Gasteiger partial charge in [-0.2, -0.15) is 10.2 Å². The van der Waals surface area contributed by atoms with Crippen LogP contribution in [0.25, 0.3) is 11.3 Å². The van der Waals surface area contributed by atoms with E-state index in [0.717, 1.165) is 5.56 Å². The first-order valence-corrected chi connectivity index (χ1v) is 11.2. The predicted octanol–water partition coefficient (Wildman–Crippen LogP) is 5.19. The minimum absolute atomic E-state index is 0.0184. The minimum atomic E-state index is -0.589. The zero-order chi connectivity index (χ0) is 25.8. The number of halogens is 2. The van der Waals surface area contributed by atoms with E-state index in [9.17, 15) is 25.0 Å². The van der Waals surface area contributed by atoms with Crippen LogP contribution in [0, 0.1) is 20.2 Å². The highest BCUT2D eigenvalue weighted by Gasteiger charge is 2.16. The molecule has 0 atom stereocenters. The number of non-ortho nitro benzene ring substituents is 2. The average Bonchev–Trinajstić information content (AvgIpc) is 3.46. The largest absolute Gasteiger partial charge is 0.455 e. The summed E-state index contributed by atoms with van der Waals surface area (Å²) in [7, 11) is 0. The molecule has 0 aliphatic rings. The second kappa shape index (κ2) is 10.5. The summed E-state index contributed by atoms with van der Waals surface area (Å²) in [5, 5.41) is 30.1. The van der Waals surface area contributed by atoms with Gasteiger partial charge >= 0.3 is 0 Å². The number of carbonyl (C=O) groups excluding carboxylic acids is 1. The standard InChI is InChI=1S/C22H14BrClN6O6/c23-18-12-28(11-13-1-3-14(4-2-13)29(32)33)27-21(18)22(31)26-25-10-16-6-8-20(36-16)17-9-15(30(34)35)5-7-19(17)24/h1-10,12H,11H2,(H,26,31)/b25-10-. The van der Waals surface area contributed by atoms with Crippen molar-refractivity contribution in [1.82, 2.24) is 15.2 Å². The van der Waals surface area contributed by atoms with Gasteiger partial charge in [-0.05, 0) is 39.7 Å². The average molecular weight is 574 g/mol. The number of nitrogens with zero attached hydrogens (tertiary/aromatic N) is 5. The van der Waals surface area contributed by atoms with Crippen LogP contribution in [0.15, 0.2) is 74.8 Å². The lowest BCUT2D eigenvalue weighted by molar-refractivity contribution is -0.385. The number of hydrogen-bond donors (Lipinski definition) is 1. The number of hydrazone groups is 1. The molecule has 0 bridgehead atoms. The molecule has 12 nitrogen and oxygen atoms in total. The number of hydrogen-bond acceptors (Lipinski definition) is 8. The van der Waals surface area contributed by atoms with Crippen LogP contribution >= 0.6 is 27.5 Å². The number of nitrogens with one attached hydrogen (secondary N) is 1. The number of rotatable bonds is 8. The van der Waals surface area contributed by atoms with Crippen LogP contribution in [-0.4, -0.2) is 31.7 Å². The number of carbonyl (C=O) groups is 1. The molecule has 4 aromatic rings. The first-order valence-electron chi connectivity index (χ1n) is 10.0. The lowest BCUT2D eigenvalue weighted by Gasteiger charge is -2.01. The predicted molar refractivity (Wildman–Crippen MR) is 133 cm³/mol. The quantitative estimate of drug-likeness (QED) is 0.172. The summed E-state index contributed by atoms with van der Waals surface area (Å²) in [6.07, 6.45) is 2.86. The van der Waals surface area contributed by atoms with Gasteiger partial charge in [-0.1, -0.05) is 23.7 Å². The van der Waals surface area contributed by atoms with Crippen molar-refractivity contribution >= 4 is 51.0 Å². The molecule has 36 heavy (non-hydrogen) atoms. The van der Waals surface area contributed by atoms with Gasteiger partial charge in [-0.25, -0.2) is 5.43 Å². The fourth-order valence-electron chi connectivity index (χ4n) is 3.13. The Bertz CT molecular complexity index is 1500. The summed E-state index contributed by atoms with van der Waals surface area (Å²) in [5.41, 5.74) is 3.38. The molecule has 0 spiro atoms. The van der Waals surface area contributed by atoms with Crippen molar-refractivity contribution in [3.63, 3.8) is 0 Å². The van der Waals surface area contributed by atoms with E-state index in [1.807, 2.05) is 0 Å². The van der Waals surface area contributed by atoms with Crippen molar-refractivity contribution in [1.29, 1.82) is 0 Å². The second-order valence-corrected chi connectivity index (χ2v) is 8.53. The van der Waals surface area contributed by atoms with Crippen LogP contribution in [0.3, 0.4) is 0 Å². The summed E-state index contributed by atoms with van der Waals surface area (Å²) in [5.74, 6) is -0.0195. The van der Waals surface area contributed by atoms with E-state index < -0.39 is 15.8 Å². The van der Waals surface area contributed by atoms with Crippen molar-refractivity contribution < 1.29 is 19.1 Å². The van der Waals surface area contributed by atoms with Crippen LogP contribution in [0.1, 0.15) is 21.8 Å². The van der Waals surface area contributed by atoms with Crippen LogP contribution in [-0.2, 0) is 6.54 Å². The Kier molecular flexibility index (Phi) is 7.22. The van der Waals surface area contributed by atoms with Gasteiger partial charge in [0.1, 0.15) is 11.5 Å². The Morgan fingerprint density at radius 3 is 2.50 bits per heavy atom. The summed E-state index contributed by atoms with van der Waals surface area (Å²) in [6.45, 7) is 0.294. The SMILES string of the molecule is O=C(N/N=C\c1ccc(-c2cc([N+](=O)[O-])ccc2Cl)o1)c1nn(Cc2ccc([N+](=O)[O-])cc2)cc1Br. The highest BCUT2D eigenvalue weighted by Crippen LogP contribution is 2.32. The summed E-state index contributed by atoms with van der Waals surface area (Å²) in [4.78, 5) is 33.3. The summed E-state index contributed by atoms with van der Waals surface area (Å²) >= 11 is 9.42. The molecule has 1 N–H and O–H groups in total. The molecular weight excluding hydrogens is 560 g/mol. The Morgan fingerprint density at radius 1 is 1.11 bits per heavy atom. The Labute approximate surface area is 215 Å². The van der Waals surface area contributed by atoms with Gasteiger partial charge in [0.2, 0.25) is 0 Å². The van der Waals surface area contributed by atoms with Crippen LogP contribution in [0.2, 0.25) is 5.02 Å². The number of furan rings is 1. The summed E-state index contributed by atoms with van der Waals surface area (Å²) in [6, 6.07) is 13.1. The van der Waals surface area contributed by atoms with Crippen LogP contribution in [0.5, 0.6) is 0 Å². The molecule has 0 aliphatic carbocycles. The van der Waals surface area contributed by atoms with E-state index >= 15 is 0 Å². The zero-order valence-corrected chi connectivity index (χ0v) is 20.3.